The van der Waals surface area contributed by atoms with Crippen molar-refractivity contribution in [1.29, 1.82) is 0 Å². The third-order valence-corrected chi connectivity index (χ3v) is 5.92. The van der Waals surface area contributed by atoms with E-state index in [1.54, 1.807) is 0 Å². The average molecular weight is 467 g/mol. The lowest BCUT2D eigenvalue weighted by Gasteiger charge is -2.41. The van der Waals surface area contributed by atoms with Crippen molar-refractivity contribution in [2.45, 2.75) is 77.3 Å². The standard InChI is InChI=1S/C14H24O5.C7H14O6/c1-8(6-17-11(4)15)14-10(3)9(2)13(7-18-14)19-12(5)16;8-1-3(9)7-6(12)5(11)4(10)2-13-7/h8-10,13-14H,6-7H2,1-5H3;3-12H,1-2H2/t8-,9+,10+,13?,14?;3-,4?,5-,6+,7?/m11/s1. The molecule has 0 saturated carbocycles. The van der Waals surface area contributed by atoms with Crippen molar-refractivity contribution in [2.24, 2.45) is 17.8 Å². The van der Waals surface area contributed by atoms with Crippen molar-refractivity contribution in [3.05, 3.63) is 0 Å². The molecular formula is C21H38O11. The molecule has 0 spiro atoms. The molecule has 0 bridgehead atoms. The molecule has 2 saturated heterocycles. The van der Waals surface area contributed by atoms with Crippen molar-refractivity contribution in [3.8, 4) is 0 Å². The van der Waals surface area contributed by atoms with Crippen LogP contribution in [-0.2, 0) is 28.5 Å². The highest BCUT2D eigenvalue weighted by atomic mass is 16.6. The second kappa shape index (κ2) is 13.4. The summed E-state index contributed by atoms with van der Waals surface area (Å²) in [6.45, 7) is 8.98. The Morgan fingerprint density at radius 1 is 0.969 bits per heavy atom. The maximum Gasteiger partial charge on any atom is 0.302 e. The van der Waals surface area contributed by atoms with E-state index in [9.17, 15) is 19.8 Å². The summed E-state index contributed by atoms with van der Waals surface area (Å²) in [5, 5.41) is 45.2. The van der Waals surface area contributed by atoms with Gasteiger partial charge in [-0.25, -0.2) is 0 Å². The van der Waals surface area contributed by atoms with E-state index in [-0.39, 0.29) is 48.5 Å². The van der Waals surface area contributed by atoms with Crippen molar-refractivity contribution < 1.29 is 54.1 Å². The van der Waals surface area contributed by atoms with Gasteiger partial charge in [-0.3, -0.25) is 9.59 Å². The van der Waals surface area contributed by atoms with Gasteiger partial charge in [0.25, 0.3) is 0 Å². The predicted octanol–water partition coefficient (Wildman–Crippen LogP) is -1.39. The van der Waals surface area contributed by atoms with Crippen LogP contribution in [0.3, 0.4) is 0 Å². The minimum Gasteiger partial charge on any atom is -0.465 e. The molecule has 0 radical (unpaired) electrons. The molecular weight excluding hydrogens is 428 g/mol. The van der Waals surface area contributed by atoms with Gasteiger partial charge >= 0.3 is 11.9 Å². The Balaban J connectivity index is 0.000000343. The highest BCUT2D eigenvalue weighted by Gasteiger charge is 2.41. The van der Waals surface area contributed by atoms with E-state index in [4.69, 9.17) is 34.3 Å². The fourth-order valence-electron chi connectivity index (χ4n) is 3.80. The molecule has 0 aromatic carbocycles. The zero-order valence-corrected chi connectivity index (χ0v) is 19.3. The lowest BCUT2D eigenvalue weighted by molar-refractivity contribution is -0.214. The summed E-state index contributed by atoms with van der Waals surface area (Å²) in [6.07, 6.45) is -6.37. The van der Waals surface area contributed by atoms with Gasteiger partial charge < -0.3 is 44.5 Å². The highest BCUT2D eigenvalue weighted by Crippen LogP contribution is 2.32. The molecule has 10 atom stereocenters. The van der Waals surface area contributed by atoms with Gasteiger partial charge in [0.05, 0.1) is 32.5 Å². The van der Waals surface area contributed by atoms with Crippen LogP contribution < -0.4 is 0 Å². The fraction of sp³-hybridized carbons (Fsp3) is 0.905. The van der Waals surface area contributed by atoms with E-state index < -0.39 is 37.1 Å². The van der Waals surface area contributed by atoms with Gasteiger partial charge in [0, 0.05) is 25.7 Å². The minimum absolute atomic E-state index is 0.0150. The Morgan fingerprint density at radius 3 is 2.09 bits per heavy atom. The molecule has 2 aliphatic heterocycles. The van der Waals surface area contributed by atoms with Gasteiger partial charge in [-0.05, 0) is 5.92 Å². The predicted molar refractivity (Wildman–Crippen MR) is 110 cm³/mol. The maximum absolute atomic E-state index is 11.0. The van der Waals surface area contributed by atoms with Crippen molar-refractivity contribution in [1.82, 2.24) is 0 Å². The van der Waals surface area contributed by atoms with Gasteiger partial charge in [0.15, 0.2) is 0 Å². The minimum atomic E-state index is -1.38. The summed E-state index contributed by atoms with van der Waals surface area (Å²) < 4.78 is 20.9. The van der Waals surface area contributed by atoms with Crippen molar-refractivity contribution >= 4 is 11.9 Å². The Bertz CT molecular complexity index is 586. The molecule has 0 amide bonds. The van der Waals surface area contributed by atoms with E-state index in [0.29, 0.717) is 13.2 Å². The summed E-state index contributed by atoms with van der Waals surface area (Å²) in [7, 11) is 0. The molecule has 2 rings (SSSR count). The molecule has 0 aliphatic carbocycles. The van der Waals surface area contributed by atoms with E-state index in [1.165, 1.54) is 13.8 Å². The van der Waals surface area contributed by atoms with Crippen LogP contribution in [0.2, 0.25) is 0 Å². The molecule has 11 heteroatoms. The molecule has 0 aromatic rings. The fourth-order valence-corrected chi connectivity index (χ4v) is 3.80. The Labute approximate surface area is 188 Å². The third kappa shape index (κ3) is 8.22. The zero-order valence-electron chi connectivity index (χ0n) is 19.3. The first kappa shape index (κ1) is 28.7. The van der Waals surface area contributed by atoms with Crippen LogP contribution >= 0.6 is 0 Å². The molecule has 2 heterocycles. The number of carbonyl (C=O) groups is 2. The molecule has 0 aromatic heterocycles. The summed E-state index contributed by atoms with van der Waals surface area (Å²) >= 11 is 0. The largest absolute Gasteiger partial charge is 0.465 e. The smallest absolute Gasteiger partial charge is 0.302 e. The first-order valence-corrected chi connectivity index (χ1v) is 10.8. The summed E-state index contributed by atoms with van der Waals surface area (Å²) in [6, 6.07) is 0. The Kier molecular flexibility index (Phi) is 12.0. The average Bonchev–Trinajstić information content (AvgIpc) is 2.73. The van der Waals surface area contributed by atoms with Crippen LogP contribution in [0.1, 0.15) is 34.6 Å². The van der Waals surface area contributed by atoms with Gasteiger partial charge in [-0.2, -0.15) is 0 Å². The Hall–Kier alpha value is -1.34. The number of carbonyl (C=O) groups excluding carboxylic acids is 2. The van der Waals surface area contributed by atoms with E-state index >= 15 is 0 Å². The molecule has 32 heavy (non-hydrogen) atoms. The van der Waals surface area contributed by atoms with Gasteiger partial charge in [-0.1, -0.05) is 20.8 Å². The molecule has 2 fully saturated rings. The van der Waals surface area contributed by atoms with E-state index in [2.05, 4.69) is 13.8 Å². The van der Waals surface area contributed by atoms with Crippen LogP contribution in [0.5, 0.6) is 0 Å². The van der Waals surface area contributed by atoms with Crippen LogP contribution in [0.15, 0.2) is 0 Å². The Morgan fingerprint density at radius 2 is 1.56 bits per heavy atom. The van der Waals surface area contributed by atoms with Crippen molar-refractivity contribution in [2.75, 3.05) is 26.4 Å². The van der Waals surface area contributed by atoms with Crippen LogP contribution in [0, 0.1) is 17.8 Å². The first-order chi connectivity index (χ1) is 14.9. The van der Waals surface area contributed by atoms with Crippen LogP contribution in [-0.4, -0.2) is 107 Å². The number of rotatable bonds is 6. The molecule has 188 valence electrons. The van der Waals surface area contributed by atoms with Gasteiger partial charge in [-0.15, -0.1) is 0 Å². The first-order valence-electron chi connectivity index (χ1n) is 10.8. The normalized spacial score (nSPS) is 36.8. The van der Waals surface area contributed by atoms with Crippen LogP contribution in [0.25, 0.3) is 0 Å². The lowest BCUT2D eigenvalue weighted by atomic mass is 9.80. The monoisotopic (exact) mass is 466 g/mol. The number of hydrogen-bond donors (Lipinski definition) is 5. The zero-order chi connectivity index (χ0) is 24.6. The number of hydrogen-bond acceptors (Lipinski definition) is 11. The quantitative estimate of drug-likeness (QED) is 0.292. The van der Waals surface area contributed by atoms with E-state index in [0.717, 1.165) is 0 Å². The molecule has 5 N–H and O–H groups in total. The van der Waals surface area contributed by atoms with Crippen molar-refractivity contribution in [3.63, 3.8) is 0 Å². The van der Waals surface area contributed by atoms with Crippen LogP contribution in [0.4, 0.5) is 0 Å². The SMILES string of the molecule is CC(=O)OC[C@@H](C)C1OCC(OC(C)=O)[C@@H](C)[C@@H]1C.OC[C@@H](O)C1OCC(O)[C@@H](O)[C@@H]1O. The number of esters is 2. The second-order valence-corrected chi connectivity index (χ2v) is 8.54. The lowest BCUT2D eigenvalue weighted by Crippen LogP contribution is -2.57. The van der Waals surface area contributed by atoms with E-state index in [1.807, 2.05) is 6.92 Å². The second-order valence-electron chi connectivity index (χ2n) is 8.54. The van der Waals surface area contributed by atoms with Gasteiger partial charge in [0.2, 0.25) is 0 Å². The number of aliphatic hydroxyl groups is 5. The number of ether oxygens (including phenoxy) is 4. The highest BCUT2D eigenvalue weighted by molar-refractivity contribution is 5.66. The molecule has 2 aliphatic rings. The number of aliphatic hydroxyl groups excluding tert-OH is 5. The van der Waals surface area contributed by atoms with Gasteiger partial charge in [0.1, 0.15) is 36.6 Å². The molecule has 4 unspecified atom stereocenters. The summed E-state index contributed by atoms with van der Waals surface area (Å²) in [4.78, 5) is 21.9. The topological polar surface area (TPSA) is 172 Å². The third-order valence-electron chi connectivity index (χ3n) is 5.92. The summed E-state index contributed by atoms with van der Waals surface area (Å²) in [5.74, 6) is 0.0333. The summed E-state index contributed by atoms with van der Waals surface area (Å²) in [5.41, 5.74) is 0. The maximum atomic E-state index is 11.0. The molecule has 11 nitrogen and oxygen atoms in total.